The first-order valence-electron chi connectivity index (χ1n) is 7.79. The topological polar surface area (TPSA) is 67.9 Å². The molecule has 3 rings (SSSR count). The Morgan fingerprint density at radius 3 is 2.00 bits per heavy atom. The van der Waals surface area contributed by atoms with Crippen molar-refractivity contribution in [2.75, 3.05) is 13.2 Å². The van der Waals surface area contributed by atoms with E-state index in [2.05, 4.69) is 5.10 Å². The number of nitrogens with zero attached hydrogens (tertiary/aromatic N) is 2. The summed E-state index contributed by atoms with van der Waals surface area (Å²) < 4.78 is 32.3. The van der Waals surface area contributed by atoms with E-state index >= 15 is 0 Å². The van der Waals surface area contributed by atoms with Crippen LogP contribution in [0.15, 0.2) is 53.6 Å². The molecule has 5 nitrogen and oxygen atoms in total. The van der Waals surface area contributed by atoms with Crippen LogP contribution in [0.4, 0.5) is 8.78 Å². The van der Waals surface area contributed by atoms with E-state index in [0.29, 0.717) is 0 Å². The number of benzene rings is 2. The van der Waals surface area contributed by atoms with Crippen molar-refractivity contribution in [2.45, 2.75) is 12.5 Å². The van der Waals surface area contributed by atoms with E-state index in [1.165, 1.54) is 29.3 Å². The van der Waals surface area contributed by atoms with Crippen LogP contribution in [-0.4, -0.2) is 29.9 Å². The zero-order valence-corrected chi connectivity index (χ0v) is 13.4. The first-order valence-corrected chi connectivity index (χ1v) is 7.79. The van der Waals surface area contributed by atoms with Gasteiger partial charge in [-0.25, -0.2) is 13.8 Å². The second-order valence-electron chi connectivity index (χ2n) is 5.64. The Hall–Kier alpha value is -2.80. The average molecular weight is 345 g/mol. The molecule has 1 heterocycles. The highest BCUT2D eigenvalue weighted by atomic mass is 19.1. The first-order chi connectivity index (χ1) is 12.0. The largest absolute Gasteiger partial charge is 0.385 e. The lowest BCUT2D eigenvalue weighted by Gasteiger charge is -2.20. The summed E-state index contributed by atoms with van der Waals surface area (Å²) in [6.07, 6.45) is -0.403. The van der Waals surface area contributed by atoms with Gasteiger partial charge in [-0.15, -0.1) is 0 Å². The van der Waals surface area contributed by atoms with Crippen molar-refractivity contribution >= 4 is 11.7 Å². The fraction of sp³-hybridized carbons (Fsp3) is 0.222. The maximum atomic E-state index is 13.2. The quantitative estimate of drug-likeness (QED) is 0.875. The minimum atomic E-state index is -0.514. The van der Waals surface area contributed by atoms with Crippen molar-refractivity contribution in [3.63, 3.8) is 0 Å². The standard InChI is InChI=1S/C18H17F2N3O2/c19-14-5-1-12(2-6-14)18(13-3-7-15(20)8-4-13)25-10-9-23-17(24)11-16(21)22-23/h1-8,18H,9-11H2,(H2,21,22). The molecule has 1 aliphatic rings. The highest BCUT2D eigenvalue weighted by Gasteiger charge is 2.22. The van der Waals surface area contributed by atoms with Gasteiger partial charge in [-0.1, -0.05) is 24.3 Å². The molecule has 0 fully saturated rings. The van der Waals surface area contributed by atoms with Gasteiger partial charge in [-0.3, -0.25) is 4.79 Å². The molecule has 2 aromatic carbocycles. The molecular weight excluding hydrogens is 328 g/mol. The van der Waals surface area contributed by atoms with E-state index in [1.54, 1.807) is 24.3 Å². The van der Waals surface area contributed by atoms with Crippen molar-refractivity contribution in [3.8, 4) is 0 Å². The third-order valence-electron chi connectivity index (χ3n) is 3.80. The fourth-order valence-corrected chi connectivity index (χ4v) is 2.58. The third kappa shape index (κ3) is 4.19. The molecule has 0 aromatic heterocycles. The van der Waals surface area contributed by atoms with E-state index in [4.69, 9.17) is 10.5 Å². The van der Waals surface area contributed by atoms with Gasteiger partial charge in [-0.05, 0) is 35.4 Å². The summed E-state index contributed by atoms with van der Waals surface area (Å²) in [6, 6.07) is 11.8. The molecule has 130 valence electrons. The van der Waals surface area contributed by atoms with Gasteiger partial charge in [0.1, 0.15) is 23.6 Å². The summed E-state index contributed by atoms with van der Waals surface area (Å²) >= 11 is 0. The minimum Gasteiger partial charge on any atom is -0.385 e. The van der Waals surface area contributed by atoms with Gasteiger partial charge >= 0.3 is 0 Å². The number of carbonyl (C=O) groups is 1. The second-order valence-corrected chi connectivity index (χ2v) is 5.64. The number of rotatable bonds is 6. The number of carbonyl (C=O) groups excluding carboxylic acids is 1. The number of ether oxygens (including phenoxy) is 1. The summed E-state index contributed by atoms with van der Waals surface area (Å²) in [5.74, 6) is -0.608. The monoisotopic (exact) mass is 345 g/mol. The van der Waals surface area contributed by atoms with Gasteiger partial charge in [0.25, 0.3) is 0 Å². The molecule has 1 aliphatic heterocycles. The van der Waals surface area contributed by atoms with Gasteiger partial charge in [0, 0.05) is 0 Å². The van der Waals surface area contributed by atoms with Crippen LogP contribution in [0.1, 0.15) is 23.7 Å². The Morgan fingerprint density at radius 1 is 1.04 bits per heavy atom. The van der Waals surface area contributed by atoms with Crippen LogP contribution in [0.3, 0.4) is 0 Å². The molecule has 7 heteroatoms. The highest BCUT2D eigenvalue weighted by Crippen LogP contribution is 2.26. The predicted molar refractivity (Wildman–Crippen MR) is 88.5 cm³/mol. The molecule has 1 amide bonds. The van der Waals surface area contributed by atoms with Crippen molar-refractivity contribution in [1.29, 1.82) is 0 Å². The Morgan fingerprint density at radius 2 is 1.56 bits per heavy atom. The lowest BCUT2D eigenvalue weighted by Crippen LogP contribution is -2.26. The molecule has 0 bridgehead atoms. The Labute approximate surface area is 143 Å². The predicted octanol–water partition coefficient (Wildman–Crippen LogP) is 2.58. The molecule has 0 unspecified atom stereocenters. The van der Waals surface area contributed by atoms with Gasteiger partial charge in [0.2, 0.25) is 5.91 Å². The Kier molecular flexibility index (Phi) is 5.04. The van der Waals surface area contributed by atoms with E-state index in [9.17, 15) is 13.6 Å². The Bertz CT molecular complexity index is 730. The number of nitrogens with two attached hydrogens (primary N) is 1. The number of hydrazone groups is 1. The van der Waals surface area contributed by atoms with Crippen LogP contribution in [0.5, 0.6) is 0 Å². The molecule has 0 aliphatic carbocycles. The Balaban J connectivity index is 1.73. The van der Waals surface area contributed by atoms with Gasteiger partial charge in [0.05, 0.1) is 19.6 Å². The fourth-order valence-electron chi connectivity index (χ4n) is 2.58. The molecule has 25 heavy (non-hydrogen) atoms. The molecule has 0 saturated heterocycles. The maximum Gasteiger partial charge on any atom is 0.250 e. The number of amidine groups is 1. The molecule has 2 N–H and O–H groups in total. The van der Waals surface area contributed by atoms with E-state index < -0.39 is 6.10 Å². The third-order valence-corrected chi connectivity index (χ3v) is 3.80. The van der Waals surface area contributed by atoms with E-state index in [0.717, 1.165) is 11.1 Å². The summed E-state index contributed by atoms with van der Waals surface area (Å²) in [4.78, 5) is 11.7. The normalized spacial score (nSPS) is 14.3. The van der Waals surface area contributed by atoms with Crippen LogP contribution in [0, 0.1) is 11.6 Å². The van der Waals surface area contributed by atoms with Gasteiger partial charge < -0.3 is 10.5 Å². The summed E-state index contributed by atoms with van der Waals surface area (Å²) in [6.45, 7) is 0.445. The summed E-state index contributed by atoms with van der Waals surface area (Å²) in [5, 5.41) is 5.20. The van der Waals surface area contributed by atoms with Crippen molar-refractivity contribution in [1.82, 2.24) is 5.01 Å². The van der Waals surface area contributed by atoms with E-state index in [-0.39, 0.29) is 42.9 Å². The molecular formula is C18H17F2N3O2. The lowest BCUT2D eigenvalue weighted by atomic mass is 10.0. The zero-order valence-electron chi connectivity index (χ0n) is 13.4. The first kappa shape index (κ1) is 17.0. The van der Waals surface area contributed by atoms with Crippen LogP contribution in [0.25, 0.3) is 0 Å². The zero-order chi connectivity index (χ0) is 17.8. The lowest BCUT2D eigenvalue weighted by molar-refractivity contribution is -0.129. The minimum absolute atomic E-state index is 0.110. The number of hydrogen-bond acceptors (Lipinski definition) is 4. The number of amides is 1. The van der Waals surface area contributed by atoms with Crippen LogP contribution in [0.2, 0.25) is 0 Å². The maximum absolute atomic E-state index is 13.2. The number of halogens is 2. The smallest absolute Gasteiger partial charge is 0.250 e. The molecule has 0 saturated carbocycles. The summed E-state index contributed by atoms with van der Waals surface area (Å²) in [5.41, 5.74) is 6.98. The summed E-state index contributed by atoms with van der Waals surface area (Å²) in [7, 11) is 0. The molecule has 0 radical (unpaired) electrons. The van der Waals surface area contributed by atoms with Crippen molar-refractivity contribution in [2.24, 2.45) is 10.8 Å². The number of hydrogen-bond donors (Lipinski definition) is 1. The van der Waals surface area contributed by atoms with Crippen LogP contribution in [-0.2, 0) is 9.53 Å². The van der Waals surface area contributed by atoms with Gasteiger partial charge in [-0.2, -0.15) is 5.10 Å². The second kappa shape index (κ2) is 7.40. The molecule has 0 spiro atoms. The van der Waals surface area contributed by atoms with Crippen LogP contribution >= 0.6 is 0 Å². The van der Waals surface area contributed by atoms with E-state index in [1.807, 2.05) is 0 Å². The average Bonchev–Trinajstić information content (AvgIpc) is 2.91. The highest BCUT2D eigenvalue weighted by molar-refractivity contribution is 6.02. The molecule has 2 aromatic rings. The van der Waals surface area contributed by atoms with Crippen molar-refractivity contribution < 1.29 is 18.3 Å². The van der Waals surface area contributed by atoms with Crippen LogP contribution < -0.4 is 5.73 Å². The SMILES string of the molecule is NC1=NN(CCOC(c2ccc(F)cc2)c2ccc(F)cc2)C(=O)C1. The molecule has 0 atom stereocenters. The van der Waals surface area contributed by atoms with Gasteiger partial charge in [0.15, 0.2) is 0 Å². The van der Waals surface area contributed by atoms with Crippen molar-refractivity contribution in [3.05, 3.63) is 71.3 Å².